The van der Waals surface area contributed by atoms with Gasteiger partial charge in [-0.1, -0.05) is 11.6 Å². The Labute approximate surface area is 106 Å². The Morgan fingerprint density at radius 3 is 3.00 bits per heavy atom. The number of aryl methyl sites for hydroxylation is 1. The Kier molecular flexibility index (Phi) is 5.05. The molecule has 0 saturated heterocycles. The van der Waals surface area contributed by atoms with Crippen LogP contribution < -0.4 is 5.56 Å². The van der Waals surface area contributed by atoms with E-state index in [0.29, 0.717) is 16.5 Å². The van der Waals surface area contributed by atoms with Gasteiger partial charge in [-0.15, -0.1) is 0 Å². The summed E-state index contributed by atoms with van der Waals surface area (Å²) in [6.45, 7) is 0.584. The summed E-state index contributed by atoms with van der Waals surface area (Å²) in [6, 6.07) is 2.06. The molecule has 0 amide bonds. The highest BCUT2D eigenvalue weighted by Crippen LogP contribution is 2.09. The summed E-state index contributed by atoms with van der Waals surface area (Å²) in [5, 5.41) is 8.59. The molecule has 0 saturated carbocycles. The van der Waals surface area contributed by atoms with Gasteiger partial charge in [0.15, 0.2) is 0 Å². The Bertz CT molecular complexity index is 438. The van der Waals surface area contributed by atoms with Crippen LogP contribution in [0.3, 0.4) is 0 Å². The summed E-state index contributed by atoms with van der Waals surface area (Å²) in [7, 11) is 0. The van der Waals surface area contributed by atoms with E-state index in [0.717, 1.165) is 12.8 Å². The van der Waals surface area contributed by atoms with Crippen molar-refractivity contribution in [2.45, 2.75) is 25.8 Å². The Balaban J connectivity index is 2.67. The molecular formula is C9H9ClIN3O. The molecule has 0 radical (unpaired) electrons. The number of hydrogen-bond donors (Lipinski definition) is 0. The Morgan fingerprint density at radius 1 is 1.60 bits per heavy atom. The average molecular weight is 338 g/mol. The van der Waals surface area contributed by atoms with Crippen LogP contribution in [-0.4, -0.2) is 9.55 Å². The van der Waals surface area contributed by atoms with Crippen LogP contribution >= 0.6 is 34.2 Å². The number of aromatic nitrogens is 2. The van der Waals surface area contributed by atoms with Crippen molar-refractivity contribution in [3.05, 3.63) is 25.4 Å². The standard InChI is InChI=1S/C9H9ClIN3O/c10-8-7(11)9(15)14(6-13-8)5-3-1-2-4-12/h6H,1-3,5H2. The Hall–Kier alpha value is -0.610. The van der Waals surface area contributed by atoms with Crippen LogP contribution in [0.25, 0.3) is 0 Å². The summed E-state index contributed by atoms with van der Waals surface area (Å²) in [5.74, 6) is 0. The maximum absolute atomic E-state index is 11.6. The summed E-state index contributed by atoms with van der Waals surface area (Å²) in [4.78, 5) is 15.5. The predicted octanol–water partition coefficient (Wildman–Crippen LogP) is 2.20. The first kappa shape index (κ1) is 12.5. The third-order valence-corrected chi connectivity index (χ3v) is 3.46. The third kappa shape index (κ3) is 3.47. The van der Waals surface area contributed by atoms with Crippen molar-refractivity contribution in [1.82, 2.24) is 9.55 Å². The molecule has 0 aromatic carbocycles. The fourth-order valence-corrected chi connectivity index (χ4v) is 1.66. The van der Waals surface area contributed by atoms with Gasteiger partial charge >= 0.3 is 0 Å². The van der Waals surface area contributed by atoms with E-state index in [9.17, 15) is 4.79 Å². The smallest absolute Gasteiger partial charge is 0.268 e. The van der Waals surface area contributed by atoms with Gasteiger partial charge in [0.1, 0.15) is 8.72 Å². The molecule has 0 aliphatic carbocycles. The lowest BCUT2D eigenvalue weighted by molar-refractivity contribution is 0.588. The normalized spacial score (nSPS) is 9.93. The van der Waals surface area contributed by atoms with Crippen LogP contribution in [0.15, 0.2) is 11.1 Å². The van der Waals surface area contributed by atoms with Crippen molar-refractivity contribution in [3.8, 4) is 6.07 Å². The number of nitriles is 1. The van der Waals surface area contributed by atoms with E-state index in [2.05, 4.69) is 11.1 Å². The van der Waals surface area contributed by atoms with Gasteiger partial charge in [-0.05, 0) is 35.4 Å². The monoisotopic (exact) mass is 337 g/mol. The zero-order chi connectivity index (χ0) is 11.3. The molecule has 0 bridgehead atoms. The van der Waals surface area contributed by atoms with Crippen LogP contribution in [0.1, 0.15) is 19.3 Å². The highest BCUT2D eigenvalue weighted by atomic mass is 127. The van der Waals surface area contributed by atoms with Gasteiger partial charge in [-0.25, -0.2) is 4.98 Å². The first-order chi connectivity index (χ1) is 7.16. The van der Waals surface area contributed by atoms with E-state index in [1.807, 2.05) is 22.6 Å². The van der Waals surface area contributed by atoms with E-state index in [4.69, 9.17) is 16.9 Å². The quantitative estimate of drug-likeness (QED) is 0.481. The van der Waals surface area contributed by atoms with E-state index < -0.39 is 0 Å². The molecule has 0 N–H and O–H groups in total. The molecule has 0 fully saturated rings. The minimum absolute atomic E-state index is 0.118. The largest absolute Gasteiger partial charge is 0.298 e. The molecular weight excluding hydrogens is 328 g/mol. The summed E-state index contributed by atoms with van der Waals surface area (Å²) in [6.07, 6.45) is 3.56. The van der Waals surface area contributed by atoms with Crippen molar-refractivity contribution >= 4 is 34.2 Å². The van der Waals surface area contributed by atoms with Crippen molar-refractivity contribution < 1.29 is 0 Å². The van der Waals surface area contributed by atoms with Crippen LogP contribution in [0.2, 0.25) is 5.15 Å². The van der Waals surface area contributed by atoms with Gasteiger partial charge < -0.3 is 0 Å². The molecule has 0 aliphatic rings. The second kappa shape index (κ2) is 6.08. The fraction of sp³-hybridized carbons (Fsp3) is 0.444. The highest BCUT2D eigenvalue weighted by molar-refractivity contribution is 14.1. The number of rotatable bonds is 4. The molecule has 0 unspecified atom stereocenters. The van der Waals surface area contributed by atoms with E-state index in [-0.39, 0.29) is 10.7 Å². The molecule has 4 nitrogen and oxygen atoms in total. The second-order valence-electron chi connectivity index (χ2n) is 2.96. The van der Waals surface area contributed by atoms with Crippen LogP contribution in [0, 0.1) is 14.9 Å². The van der Waals surface area contributed by atoms with Gasteiger partial charge in [-0.3, -0.25) is 9.36 Å². The van der Waals surface area contributed by atoms with Gasteiger partial charge in [0.2, 0.25) is 0 Å². The van der Waals surface area contributed by atoms with Crippen LogP contribution in [-0.2, 0) is 6.54 Å². The van der Waals surface area contributed by atoms with Crippen molar-refractivity contribution in [2.75, 3.05) is 0 Å². The maximum atomic E-state index is 11.6. The first-order valence-electron chi connectivity index (χ1n) is 4.44. The topological polar surface area (TPSA) is 58.7 Å². The van der Waals surface area contributed by atoms with Crippen LogP contribution in [0.5, 0.6) is 0 Å². The summed E-state index contributed by atoms with van der Waals surface area (Å²) in [5.41, 5.74) is -0.118. The van der Waals surface area contributed by atoms with Crippen molar-refractivity contribution in [2.24, 2.45) is 0 Å². The van der Waals surface area contributed by atoms with Gasteiger partial charge in [-0.2, -0.15) is 5.26 Å². The first-order valence-corrected chi connectivity index (χ1v) is 5.90. The molecule has 1 heterocycles. The molecule has 0 aliphatic heterocycles. The van der Waals surface area contributed by atoms with E-state index in [1.54, 1.807) is 0 Å². The van der Waals surface area contributed by atoms with E-state index in [1.165, 1.54) is 10.9 Å². The molecule has 0 spiro atoms. The lowest BCUT2D eigenvalue weighted by Crippen LogP contribution is -2.23. The zero-order valence-electron chi connectivity index (χ0n) is 7.91. The zero-order valence-corrected chi connectivity index (χ0v) is 10.8. The number of hydrogen-bond acceptors (Lipinski definition) is 3. The average Bonchev–Trinajstić information content (AvgIpc) is 2.24. The SMILES string of the molecule is N#CCCCCn1cnc(Cl)c(I)c1=O. The minimum Gasteiger partial charge on any atom is -0.298 e. The number of halogens is 2. The van der Waals surface area contributed by atoms with E-state index >= 15 is 0 Å². The van der Waals surface area contributed by atoms with Crippen molar-refractivity contribution in [3.63, 3.8) is 0 Å². The Morgan fingerprint density at radius 2 is 2.33 bits per heavy atom. The molecule has 15 heavy (non-hydrogen) atoms. The van der Waals surface area contributed by atoms with Crippen LogP contribution in [0.4, 0.5) is 0 Å². The lowest BCUT2D eigenvalue weighted by atomic mass is 10.2. The van der Waals surface area contributed by atoms with Gasteiger partial charge in [0, 0.05) is 13.0 Å². The molecule has 1 rings (SSSR count). The molecule has 0 atom stereocenters. The third-order valence-electron chi connectivity index (χ3n) is 1.88. The minimum atomic E-state index is -0.118. The predicted molar refractivity (Wildman–Crippen MR) is 65.7 cm³/mol. The lowest BCUT2D eigenvalue weighted by Gasteiger charge is -2.04. The highest BCUT2D eigenvalue weighted by Gasteiger charge is 2.05. The van der Waals surface area contributed by atoms with Crippen molar-refractivity contribution in [1.29, 1.82) is 5.26 Å². The molecule has 1 aromatic heterocycles. The summed E-state index contributed by atoms with van der Waals surface area (Å²) >= 11 is 7.58. The second-order valence-corrected chi connectivity index (χ2v) is 4.40. The molecule has 80 valence electrons. The van der Waals surface area contributed by atoms with Gasteiger partial charge in [0.25, 0.3) is 5.56 Å². The number of nitrogens with zero attached hydrogens (tertiary/aromatic N) is 3. The summed E-state index contributed by atoms with van der Waals surface area (Å²) < 4.78 is 1.96. The fourth-order valence-electron chi connectivity index (χ4n) is 1.09. The van der Waals surface area contributed by atoms with Gasteiger partial charge in [0.05, 0.1) is 12.4 Å². The number of unbranched alkanes of at least 4 members (excludes halogenated alkanes) is 2. The molecule has 1 aromatic rings. The molecule has 6 heteroatoms. The maximum Gasteiger partial charge on any atom is 0.268 e.